The lowest BCUT2D eigenvalue weighted by Crippen LogP contribution is -2.42. The van der Waals surface area contributed by atoms with Crippen molar-refractivity contribution in [1.82, 2.24) is 4.41 Å². The largest absolute Gasteiger partial charge is 0.431 e. The summed E-state index contributed by atoms with van der Waals surface area (Å²) in [5.74, 6) is -1.40. The van der Waals surface area contributed by atoms with Crippen LogP contribution in [-0.2, 0) is 21.2 Å². The molecule has 1 aromatic rings. The zero-order chi connectivity index (χ0) is 22.0. The number of hydrogen-bond donors (Lipinski definition) is 0. The molecule has 7 nitrogen and oxygen atoms in total. The first kappa shape index (κ1) is 21.2. The van der Waals surface area contributed by atoms with E-state index in [-0.39, 0.29) is 14.8 Å². The van der Waals surface area contributed by atoms with E-state index in [1.807, 2.05) is 0 Å². The molecule has 3 rings (SSSR count). The van der Waals surface area contributed by atoms with Crippen LogP contribution in [0, 0.1) is 11.3 Å². The van der Waals surface area contributed by atoms with E-state index in [0.29, 0.717) is 17.8 Å². The smallest absolute Gasteiger partial charge is 0.269 e. The second-order valence-corrected chi connectivity index (χ2v) is 8.56. The highest BCUT2D eigenvalue weighted by Gasteiger charge is 2.67. The van der Waals surface area contributed by atoms with E-state index in [9.17, 15) is 39.6 Å². The molecule has 15 heteroatoms. The van der Waals surface area contributed by atoms with Gasteiger partial charge in [-0.3, -0.25) is 4.79 Å². The highest BCUT2D eigenvalue weighted by Crippen LogP contribution is 2.50. The molecular formula is C14H8F6N4O3S2. The van der Waals surface area contributed by atoms with E-state index < -0.39 is 62.3 Å². The number of anilines is 1. The van der Waals surface area contributed by atoms with E-state index >= 15 is 0 Å². The van der Waals surface area contributed by atoms with E-state index in [4.69, 9.17) is 5.26 Å². The maximum atomic E-state index is 13.2. The number of nitriles is 1. The first-order valence-electron chi connectivity index (χ1n) is 7.41. The van der Waals surface area contributed by atoms with Crippen molar-refractivity contribution in [2.45, 2.75) is 23.6 Å². The first-order chi connectivity index (χ1) is 13.2. The predicted octanol–water partition coefficient (Wildman–Crippen LogP) is 2.85. The van der Waals surface area contributed by atoms with Crippen LogP contribution in [0.1, 0.15) is 17.5 Å². The van der Waals surface area contributed by atoms with Crippen LogP contribution < -0.4 is 4.31 Å². The number of carbonyl (C=O) groups is 1. The fourth-order valence-corrected chi connectivity index (χ4v) is 5.81. The Hall–Kier alpha value is -2.47. The summed E-state index contributed by atoms with van der Waals surface area (Å²) in [7, 11) is -5.05. The summed E-state index contributed by atoms with van der Waals surface area (Å²) in [5.41, 5.74) is -4.58. The monoisotopic (exact) mass is 458 g/mol. The molecule has 0 aromatic heterocycles. The van der Waals surface area contributed by atoms with Gasteiger partial charge in [0.25, 0.3) is 5.91 Å². The van der Waals surface area contributed by atoms with Gasteiger partial charge in [-0.1, -0.05) is 0 Å². The third-order valence-corrected chi connectivity index (χ3v) is 7.18. The normalized spacial score (nSPS) is 23.8. The number of rotatable bonds is 2. The van der Waals surface area contributed by atoms with E-state index in [1.165, 1.54) is 12.3 Å². The number of fused-ring (bicyclic) bond motifs is 1. The molecule has 156 valence electrons. The Morgan fingerprint density at radius 3 is 2.28 bits per heavy atom. The number of nitrogens with zero attached hydrogens (tertiary/aromatic N) is 4. The predicted molar refractivity (Wildman–Crippen MR) is 88.8 cm³/mol. The van der Waals surface area contributed by atoms with Gasteiger partial charge < -0.3 is 0 Å². The third-order valence-electron chi connectivity index (χ3n) is 4.22. The Kier molecular flexibility index (Phi) is 4.59. The van der Waals surface area contributed by atoms with E-state index in [1.54, 1.807) is 0 Å². The molecule has 0 spiro atoms. The molecule has 29 heavy (non-hydrogen) atoms. The van der Waals surface area contributed by atoms with Gasteiger partial charge in [0.15, 0.2) is 0 Å². The molecule has 1 saturated heterocycles. The Balaban J connectivity index is 2.19. The second-order valence-electron chi connectivity index (χ2n) is 5.87. The van der Waals surface area contributed by atoms with Crippen LogP contribution in [-0.4, -0.2) is 41.8 Å². The summed E-state index contributed by atoms with van der Waals surface area (Å²) in [6, 6.07) is 3.03. The van der Waals surface area contributed by atoms with Crippen molar-refractivity contribution in [3.63, 3.8) is 0 Å². The van der Waals surface area contributed by atoms with Crippen molar-refractivity contribution in [1.29, 1.82) is 5.26 Å². The van der Waals surface area contributed by atoms with Gasteiger partial charge in [0.05, 0.1) is 22.9 Å². The number of thioether (sulfide) groups is 1. The topological polar surface area (TPSA) is 93.8 Å². The average Bonchev–Trinajstić information content (AvgIpc) is 3.09. The van der Waals surface area contributed by atoms with Crippen molar-refractivity contribution in [3.8, 4) is 6.07 Å². The number of hydrogen-bond acceptors (Lipinski definition) is 6. The molecule has 1 amide bonds. The van der Waals surface area contributed by atoms with Gasteiger partial charge in [-0.05, 0) is 24.5 Å². The lowest BCUT2D eigenvalue weighted by Gasteiger charge is -2.22. The Labute approximate surface area is 163 Å². The Morgan fingerprint density at radius 2 is 1.83 bits per heavy atom. The second kappa shape index (κ2) is 6.26. The fourth-order valence-electron chi connectivity index (χ4n) is 2.89. The maximum Gasteiger partial charge on any atom is 0.431 e. The molecule has 0 unspecified atom stereocenters. The molecular weight excluding hydrogens is 450 g/mol. The minimum atomic E-state index is -5.05. The Morgan fingerprint density at radius 1 is 1.21 bits per heavy atom. The van der Waals surface area contributed by atoms with Crippen LogP contribution in [0.3, 0.4) is 0 Å². The van der Waals surface area contributed by atoms with Gasteiger partial charge in [0.2, 0.25) is 4.87 Å². The molecule has 2 heterocycles. The minimum Gasteiger partial charge on any atom is -0.269 e. The molecule has 1 atom stereocenters. The van der Waals surface area contributed by atoms with Crippen molar-refractivity contribution in [3.05, 3.63) is 29.3 Å². The lowest BCUT2D eigenvalue weighted by molar-refractivity contribution is -0.137. The van der Waals surface area contributed by atoms with Crippen LogP contribution in [0.5, 0.6) is 0 Å². The van der Waals surface area contributed by atoms with E-state index in [2.05, 4.69) is 5.10 Å². The number of carbonyl (C=O) groups excluding carboxylic acids is 1. The lowest BCUT2D eigenvalue weighted by atomic mass is 10.1. The number of hydrazone groups is 1. The number of alkyl halides is 6. The summed E-state index contributed by atoms with van der Waals surface area (Å²) in [6.45, 7) is 0. The molecule has 0 aliphatic carbocycles. The van der Waals surface area contributed by atoms with Crippen LogP contribution in [0.2, 0.25) is 0 Å². The van der Waals surface area contributed by atoms with Gasteiger partial charge >= 0.3 is 22.6 Å². The molecule has 0 N–H and O–H groups in total. The summed E-state index contributed by atoms with van der Waals surface area (Å²) < 4.78 is 104. The molecule has 2 aliphatic rings. The van der Waals surface area contributed by atoms with Gasteiger partial charge in [0.1, 0.15) is 5.71 Å². The van der Waals surface area contributed by atoms with Gasteiger partial charge in [0, 0.05) is 6.42 Å². The van der Waals surface area contributed by atoms with Crippen LogP contribution in [0.4, 0.5) is 32.0 Å². The quantitative estimate of drug-likeness (QED) is 0.636. The standard InChI is InChI=1S/C14H8F6N4O3S2/c1-28-12-5-10(14(18,19)20)22-24(12)29(26,27)23(11(12)25)8-3-2-7(6-21)9(4-8)13(15,16)17/h2-4H,5H2,1H3/t12-/m1/s1. The zero-order valence-corrected chi connectivity index (χ0v) is 15.7. The molecule has 0 radical (unpaired) electrons. The van der Waals surface area contributed by atoms with E-state index in [0.717, 1.165) is 6.07 Å². The molecule has 0 saturated carbocycles. The summed E-state index contributed by atoms with van der Waals surface area (Å²) >= 11 is 0.463. The number of amides is 1. The van der Waals surface area contributed by atoms with Crippen LogP contribution in [0.15, 0.2) is 23.3 Å². The first-order valence-corrected chi connectivity index (χ1v) is 10.0. The fraction of sp³-hybridized carbons (Fsp3) is 0.357. The number of halogens is 6. The maximum absolute atomic E-state index is 13.2. The molecule has 1 fully saturated rings. The van der Waals surface area contributed by atoms with Gasteiger partial charge in [-0.15, -0.1) is 16.2 Å². The van der Waals surface area contributed by atoms with Crippen molar-refractivity contribution >= 4 is 39.3 Å². The van der Waals surface area contributed by atoms with Crippen LogP contribution >= 0.6 is 11.8 Å². The summed E-state index contributed by atoms with van der Waals surface area (Å²) in [5, 5.41) is 11.9. The summed E-state index contributed by atoms with van der Waals surface area (Å²) in [6.07, 6.45) is -9.96. The SMILES string of the molecule is CS[C@@]12CC(C(F)(F)F)=NN1S(=O)(=O)N(c1ccc(C#N)c(C(F)(F)F)c1)C2=O. The molecule has 2 aliphatic heterocycles. The summed E-state index contributed by atoms with van der Waals surface area (Å²) in [4.78, 5) is 10.5. The van der Waals surface area contributed by atoms with Gasteiger partial charge in [-0.25, -0.2) is 0 Å². The van der Waals surface area contributed by atoms with Crippen molar-refractivity contribution < 1.29 is 39.6 Å². The highest BCUT2D eigenvalue weighted by atomic mass is 32.2. The minimum absolute atomic E-state index is 0.0265. The zero-order valence-electron chi connectivity index (χ0n) is 14.0. The average molecular weight is 458 g/mol. The number of benzene rings is 1. The van der Waals surface area contributed by atoms with Crippen molar-refractivity contribution in [2.24, 2.45) is 5.10 Å². The van der Waals surface area contributed by atoms with Crippen molar-refractivity contribution in [2.75, 3.05) is 10.6 Å². The highest BCUT2D eigenvalue weighted by molar-refractivity contribution is 8.03. The molecule has 0 bridgehead atoms. The Bertz CT molecular complexity index is 1080. The third kappa shape index (κ3) is 3.01. The van der Waals surface area contributed by atoms with Gasteiger partial charge in [-0.2, -0.15) is 49.4 Å². The van der Waals surface area contributed by atoms with Crippen LogP contribution in [0.25, 0.3) is 0 Å². The molecule has 1 aromatic carbocycles.